The van der Waals surface area contributed by atoms with Crippen LogP contribution in [0, 0.1) is 6.92 Å². The highest BCUT2D eigenvalue weighted by molar-refractivity contribution is 6.18. The lowest BCUT2D eigenvalue weighted by Gasteiger charge is -2.14. The molecule has 2 rings (SSSR count). The van der Waals surface area contributed by atoms with Gasteiger partial charge < -0.3 is 10.2 Å². The monoisotopic (exact) mass is 266 g/mol. The van der Waals surface area contributed by atoms with E-state index in [-0.39, 0.29) is 5.88 Å². The molecule has 96 valence electrons. The van der Waals surface area contributed by atoms with Gasteiger partial charge in [-0.1, -0.05) is 18.2 Å². The van der Waals surface area contributed by atoms with E-state index in [4.69, 9.17) is 11.6 Å². The van der Waals surface area contributed by atoms with Gasteiger partial charge in [0.1, 0.15) is 6.10 Å². The molecule has 1 heterocycles. The van der Waals surface area contributed by atoms with Crippen LogP contribution in [-0.2, 0) is 0 Å². The topological polar surface area (TPSA) is 58.3 Å². The van der Waals surface area contributed by atoms with E-state index in [1.54, 1.807) is 17.8 Å². The van der Waals surface area contributed by atoms with Gasteiger partial charge >= 0.3 is 0 Å². The first-order chi connectivity index (χ1) is 8.63. The average Bonchev–Trinajstić information content (AvgIpc) is 2.80. The number of hydrogen-bond donors (Lipinski definition) is 2. The van der Waals surface area contributed by atoms with Gasteiger partial charge in [-0.25, -0.2) is 4.68 Å². The molecule has 2 N–H and O–H groups in total. The molecule has 0 spiro atoms. The first kappa shape index (κ1) is 13.1. The molecule has 0 fully saturated rings. The summed E-state index contributed by atoms with van der Waals surface area (Å²) in [5.74, 6) is -0.0167. The summed E-state index contributed by atoms with van der Waals surface area (Å²) >= 11 is 5.54. The van der Waals surface area contributed by atoms with Crippen LogP contribution in [-0.4, -0.2) is 32.0 Å². The van der Waals surface area contributed by atoms with Crippen LogP contribution in [0.2, 0.25) is 0 Å². The van der Waals surface area contributed by atoms with Crippen LogP contribution < -0.4 is 0 Å². The van der Waals surface area contributed by atoms with Gasteiger partial charge in [-0.05, 0) is 19.1 Å². The Kier molecular flexibility index (Phi) is 4.01. The highest BCUT2D eigenvalue weighted by Crippen LogP contribution is 2.22. The van der Waals surface area contributed by atoms with Gasteiger partial charge in [0.25, 0.3) is 0 Å². The number of para-hydroxylation sites is 1. The van der Waals surface area contributed by atoms with Crippen molar-refractivity contribution < 1.29 is 10.2 Å². The van der Waals surface area contributed by atoms with Crippen molar-refractivity contribution in [3.63, 3.8) is 0 Å². The van der Waals surface area contributed by atoms with E-state index < -0.39 is 12.2 Å². The molecular formula is C13H15ClN2O2. The number of nitrogens with zero attached hydrogens (tertiary/aromatic N) is 2. The number of benzene rings is 1. The Morgan fingerprint density at radius 3 is 2.56 bits per heavy atom. The van der Waals surface area contributed by atoms with Crippen molar-refractivity contribution in [1.82, 2.24) is 9.78 Å². The molecule has 0 bridgehead atoms. The van der Waals surface area contributed by atoms with E-state index in [2.05, 4.69) is 5.10 Å². The number of hydrogen-bond acceptors (Lipinski definition) is 3. The lowest BCUT2D eigenvalue weighted by molar-refractivity contribution is 0.0323. The maximum atomic E-state index is 9.94. The summed E-state index contributed by atoms with van der Waals surface area (Å²) in [6, 6.07) is 9.58. The number of aliphatic hydroxyl groups is 2. The number of halogens is 1. The molecule has 2 atom stereocenters. The zero-order valence-electron chi connectivity index (χ0n) is 9.99. The third-order valence-corrected chi connectivity index (χ3v) is 3.12. The Labute approximate surface area is 110 Å². The molecule has 5 heteroatoms. The maximum absolute atomic E-state index is 9.94. The highest BCUT2D eigenvalue weighted by atomic mass is 35.5. The van der Waals surface area contributed by atoms with Crippen LogP contribution in [0.1, 0.15) is 17.4 Å². The third kappa shape index (κ3) is 2.56. The number of aliphatic hydroxyl groups excluding tert-OH is 2. The van der Waals surface area contributed by atoms with Crippen molar-refractivity contribution in [2.45, 2.75) is 19.1 Å². The second kappa shape index (κ2) is 5.52. The van der Waals surface area contributed by atoms with Gasteiger partial charge in [0, 0.05) is 11.8 Å². The second-order valence-corrected chi connectivity index (χ2v) is 4.43. The van der Waals surface area contributed by atoms with Gasteiger partial charge in [0.05, 0.1) is 23.4 Å². The van der Waals surface area contributed by atoms with Crippen LogP contribution in [0.5, 0.6) is 0 Å². The van der Waals surface area contributed by atoms with Gasteiger partial charge in [0.2, 0.25) is 0 Å². The lowest BCUT2D eigenvalue weighted by atomic mass is 10.1. The molecule has 1 aromatic heterocycles. The predicted octanol–water partition coefficient (Wildman–Crippen LogP) is 1.81. The van der Waals surface area contributed by atoms with E-state index in [0.29, 0.717) is 11.3 Å². The summed E-state index contributed by atoms with van der Waals surface area (Å²) in [6.07, 6.45) is -0.288. The molecule has 2 aromatic rings. The summed E-state index contributed by atoms with van der Waals surface area (Å²) in [5, 5.41) is 23.8. The Hall–Kier alpha value is -1.36. The van der Waals surface area contributed by atoms with Crippen LogP contribution in [0.25, 0.3) is 5.69 Å². The molecule has 0 aliphatic heterocycles. The Bertz CT molecular complexity index is 513. The quantitative estimate of drug-likeness (QED) is 0.830. The largest absolute Gasteiger partial charge is 0.389 e. The molecule has 2 unspecified atom stereocenters. The van der Waals surface area contributed by atoms with Crippen LogP contribution in [0.15, 0.2) is 36.5 Å². The zero-order chi connectivity index (χ0) is 13.1. The molecule has 18 heavy (non-hydrogen) atoms. The summed E-state index contributed by atoms with van der Waals surface area (Å²) < 4.78 is 1.68. The van der Waals surface area contributed by atoms with Crippen molar-refractivity contribution in [1.29, 1.82) is 0 Å². The molecule has 0 saturated heterocycles. The van der Waals surface area contributed by atoms with Crippen molar-refractivity contribution in [3.05, 3.63) is 47.8 Å². The van der Waals surface area contributed by atoms with Gasteiger partial charge in [-0.3, -0.25) is 0 Å². The minimum atomic E-state index is -1.01. The predicted molar refractivity (Wildman–Crippen MR) is 70.0 cm³/mol. The van der Waals surface area contributed by atoms with E-state index in [9.17, 15) is 10.2 Å². The van der Waals surface area contributed by atoms with Crippen LogP contribution in [0.3, 0.4) is 0 Å². The number of rotatable bonds is 4. The summed E-state index contributed by atoms with van der Waals surface area (Å²) in [7, 11) is 0. The Morgan fingerprint density at radius 1 is 1.28 bits per heavy atom. The SMILES string of the molecule is Cc1nn(-c2ccccc2)cc1C(O)C(O)CCl. The highest BCUT2D eigenvalue weighted by Gasteiger charge is 2.21. The number of alkyl halides is 1. The van der Waals surface area contributed by atoms with Gasteiger partial charge in [0.15, 0.2) is 0 Å². The third-order valence-electron chi connectivity index (χ3n) is 2.80. The Balaban J connectivity index is 2.33. The van der Waals surface area contributed by atoms with E-state index in [1.807, 2.05) is 30.3 Å². The first-order valence-electron chi connectivity index (χ1n) is 5.67. The van der Waals surface area contributed by atoms with Crippen molar-refractivity contribution in [2.24, 2.45) is 0 Å². The van der Waals surface area contributed by atoms with Crippen molar-refractivity contribution in [2.75, 3.05) is 5.88 Å². The second-order valence-electron chi connectivity index (χ2n) is 4.12. The molecule has 0 radical (unpaired) electrons. The number of aromatic nitrogens is 2. The molecular weight excluding hydrogens is 252 g/mol. The van der Waals surface area contributed by atoms with Gasteiger partial charge in [-0.15, -0.1) is 11.6 Å². The fourth-order valence-corrected chi connectivity index (χ4v) is 1.94. The number of aryl methyl sites for hydroxylation is 1. The smallest absolute Gasteiger partial charge is 0.109 e. The fraction of sp³-hybridized carbons (Fsp3) is 0.308. The van der Waals surface area contributed by atoms with E-state index in [1.165, 1.54) is 0 Å². The van der Waals surface area contributed by atoms with Crippen molar-refractivity contribution >= 4 is 11.6 Å². The summed E-state index contributed by atoms with van der Waals surface area (Å²) in [6.45, 7) is 1.79. The molecule has 1 aromatic carbocycles. The van der Waals surface area contributed by atoms with E-state index >= 15 is 0 Å². The molecule has 0 amide bonds. The molecule has 0 aliphatic rings. The van der Waals surface area contributed by atoms with Crippen LogP contribution in [0.4, 0.5) is 0 Å². The summed E-state index contributed by atoms with van der Waals surface area (Å²) in [4.78, 5) is 0. The lowest BCUT2D eigenvalue weighted by Crippen LogP contribution is -2.19. The maximum Gasteiger partial charge on any atom is 0.109 e. The van der Waals surface area contributed by atoms with E-state index in [0.717, 1.165) is 5.69 Å². The minimum Gasteiger partial charge on any atom is -0.389 e. The minimum absolute atomic E-state index is 0.0167. The normalized spacial score (nSPS) is 14.4. The molecule has 0 aliphatic carbocycles. The van der Waals surface area contributed by atoms with Crippen molar-refractivity contribution in [3.8, 4) is 5.69 Å². The standard InChI is InChI=1S/C13H15ClN2O2/c1-9-11(13(18)12(17)7-14)8-16(15-9)10-5-3-2-4-6-10/h2-6,8,12-13,17-18H,7H2,1H3. The summed E-state index contributed by atoms with van der Waals surface area (Å²) in [5.41, 5.74) is 2.17. The van der Waals surface area contributed by atoms with Crippen LogP contribution >= 0.6 is 11.6 Å². The fourth-order valence-electron chi connectivity index (χ4n) is 1.77. The average molecular weight is 267 g/mol. The molecule has 4 nitrogen and oxygen atoms in total. The Morgan fingerprint density at radius 2 is 1.94 bits per heavy atom. The van der Waals surface area contributed by atoms with Gasteiger partial charge in [-0.2, -0.15) is 5.10 Å². The first-order valence-corrected chi connectivity index (χ1v) is 6.20. The zero-order valence-corrected chi connectivity index (χ0v) is 10.7. The molecule has 0 saturated carbocycles.